The molecular formula is C19H25N3O3. The van der Waals surface area contributed by atoms with Gasteiger partial charge in [0.1, 0.15) is 18.0 Å². The summed E-state index contributed by atoms with van der Waals surface area (Å²) in [5.74, 6) is 1.24. The van der Waals surface area contributed by atoms with Gasteiger partial charge in [-0.1, -0.05) is 18.2 Å². The predicted molar refractivity (Wildman–Crippen MR) is 94.8 cm³/mol. The van der Waals surface area contributed by atoms with E-state index < -0.39 is 5.60 Å². The number of aromatic nitrogens is 2. The highest BCUT2D eigenvalue weighted by molar-refractivity contribution is 5.91. The van der Waals surface area contributed by atoms with Crippen molar-refractivity contribution < 1.29 is 14.3 Å². The lowest BCUT2D eigenvalue weighted by atomic mass is 9.93. The number of ether oxygens (including phenoxy) is 2. The topological polar surface area (TPSA) is 56.6 Å². The van der Waals surface area contributed by atoms with Crippen LogP contribution >= 0.6 is 0 Å². The van der Waals surface area contributed by atoms with Gasteiger partial charge in [-0.05, 0) is 31.4 Å². The highest BCUT2D eigenvalue weighted by atomic mass is 16.5. The molecule has 1 aliphatic rings. The largest absolute Gasteiger partial charge is 0.490 e. The number of hydrogen-bond donors (Lipinski definition) is 0. The van der Waals surface area contributed by atoms with Gasteiger partial charge in [0.2, 0.25) is 0 Å². The molecule has 1 aliphatic heterocycles. The van der Waals surface area contributed by atoms with Crippen LogP contribution in [0.25, 0.3) is 0 Å². The molecule has 134 valence electrons. The minimum atomic E-state index is -0.499. The molecule has 1 amide bonds. The molecule has 1 aromatic heterocycles. The van der Waals surface area contributed by atoms with Gasteiger partial charge in [-0.2, -0.15) is 0 Å². The third-order valence-corrected chi connectivity index (χ3v) is 4.86. The molecule has 2 aromatic rings. The molecule has 6 nitrogen and oxygen atoms in total. The van der Waals surface area contributed by atoms with E-state index >= 15 is 0 Å². The van der Waals surface area contributed by atoms with Gasteiger partial charge in [0.05, 0.1) is 6.54 Å². The van der Waals surface area contributed by atoms with E-state index in [2.05, 4.69) is 4.98 Å². The van der Waals surface area contributed by atoms with E-state index in [1.165, 1.54) is 0 Å². The summed E-state index contributed by atoms with van der Waals surface area (Å²) < 4.78 is 13.6. The summed E-state index contributed by atoms with van der Waals surface area (Å²) in [6.07, 6.45) is 5.16. The lowest BCUT2D eigenvalue weighted by Crippen LogP contribution is -2.54. The maximum Gasteiger partial charge on any atom is 0.289 e. The fourth-order valence-electron chi connectivity index (χ4n) is 3.26. The van der Waals surface area contributed by atoms with Crippen LogP contribution in [0.3, 0.4) is 0 Å². The predicted octanol–water partition coefficient (Wildman–Crippen LogP) is 2.43. The van der Waals surface area contributed by atoms with Crippen molar-refractivity contribution in [3.05, 3.63) is 48.0 Å². The Bertz CT molecular complexity index is 743. The Balaban J connectivity index is 1.71. The second-order valence-electron chi connectivity index (χ2n) is 6.63. The molecule has 1 atom stereocenters. The Morgan fingerprint density at radius 1 is 1.36 bits per heavy atom. The summed E-state index contributed by atoms with van der Waals surface area (Å²) in [6.45, 7) is 3.65. The number of carbonyl (C=O) groups is 1. The molecule has 25 heavy (non-hydrogen) atoms. The minimum absolute atomic E-state index is 0.0653. The zero-order valence-corrected chi connectivity index (χ0v) is 15.1. The smallest absolute Gasteiger partial charge is 0.289 e. The number of methoxy groups -OCH3 is 1. The van der Waals surface area contributed by atoms with Gasteiger partial charge in [0.25, 0.3) is 5.91 Å². The molecule has 0 aliphatic carbocycles. The number of nitrogens with zero attached hydrogens (tertiary/aromatic N) is 3. The molecular weight excluding hydrogens is 318 g/mol. The lowest BCUT2D eigenvalue weighted by molar-refractivity contribution is -0.0827. The van der Waals surface area contributed by atoms with Crippen molar-refractivity contribution in [3.8, 4) is 5.75 Å². The van der Waals surface area contributed by atoms with Crippen molar-refractivity contribution in [1.82, 2.24) is 14.5 Å². The summed E-state index contributed by atoms with van der Waals surface area (Å²) in [4.78, 5) is 18.7. The number of hydrogen-bond acceptors (Lipinski definition) is 4. The van der Waals surface area contributed by atoms with Crippen molar-refractivity contribution in [1.29, 1.82) is 0 Å². The van der Waals surface area contributed by atoms with Gasteiger partial charge in [0, 0.05) is 33.1 Å². The minimum Gasteiger partial charge on any atom is -0.490 e. The Morgan fingerprint density at radius 3 is 2.84 bits per heavy atom. The van der Waals surface area contributed by atoms with Gasteiger partial charge in [-0.3, -0.25) is 4.79 Å². The van der Waals surface area contributed by atoms with Crippen LogP contribution in [0, 0.1) is 6.92 Å². The van der Waals surface area contributed by atoms with Crippen LogP contribution < -0.4 is 4.74 Å². The molecule has 0 bridgehead atoms. The van der Waals surface area contributed by atoms with Crippen LogP contribution in [0.4, 0.5) is 0 Å². The van der Waals surface area contributed by atoms with E-state index in [0.29, 0.717) is 25.5 Å². The van der Waals surface area contributed by atoms with E-state index in [1.807, 2.05) is 43.1 Å². The number of amides is 1. The Kier molecular flexibility index (Phi) is 5.08. The maximum absolute atomic E-state index is 12.8. The van der Waals surface area contributed by atoms with E-state index in [1.54, 1.807) is 24.1 Å². The summed E-state index contributed by atoms with van der Waals surface area (Å²) in [7, 11) is 3.52. The lowest BCUT2D eigenvalue weighted by Gasteiger charge is -2.41. The highest BCUT2D eigenvalue weighted by Gasteiger charge is 2.39. The van der Waals surface area contributed by atoms with Gasteiger partial charge in [0.15, 0.2) is 5.82 Å². The first-order valence-electron chi connectivity index (χ1n) is 8.55. The second-order valence-corrected chi connectivity index (χ2v) is 6.63. The molecule has 0 spiro atoms. The number of carbonyl (C=O) groups excluding carboxylic acids is 1. The number of benzene rings is 1. The number of piperidine rings is 1. The maximum atomic E-state index is 12.8. The molecule has 1 aromatic carbocycles. The first kappa shape index (κ1) is 17.5. The summed E-state index contributed by atoms with van der Waals surface area (Å²) >= 11 is 0. The van der Waals surface area contributed by atoms with Crippen LogP contribution in [-0.4, -0.2) is 52.8 Å². The van der Waals surface area contributed by atoms with Crippen LogP contribution in [0.1, 0.15) is 29.0 Å². The Labute approximate surface area is 148 Å². The first-order valence-corrected chi connectivity index (χ1v) is 8.55. The van der Waals surface area contributed by atoms with E-state index in [0.717, 1.165) is 24.2 Å². The van der Waals surface area contributed by atoms with E-state index in [9.17, 15) is 4.79 Å². The van der Waals surface area contributed by atoms with Crippen molar-refractivity contribution in [2.45, 2.75) is 25.4 Å². The fourth-order valence-corrected chi connectivity index (χ4v) is 3.26. The quantitative estimate of drug-likeness (QED) is 0.837. The Morgan fingerprint density at radius 2 is 2.16 bits per heavy atom. The third-order valence-electron chi connectivity index (χ3n) is 4.86. The van der Waals surface area contributed by atoms with E-state index in [-0.39, 0.29) is 5.91 Å². The number of para-hydroxylation sites is 1. The summed E-state index contributed by atoms with van der Waals surface area (Å²) in [6, 6.07) is 7.92. The Hall–Kier alpha value is -2.34. The molecule has 2 heterocycles. The van der Waals surface area contributed by atoms with Crippen molar-refractivity contribution in [2.75, 3.05) is 26.8 Å². The molecule has 3 rings (SSSR count). The third kappa shape index (κ3) is 3.69. The number of imidazole rings is 1. The molecule has 0 saturated carbocycles. The number of rotatable bonds is 5. The summed E-state index contributed by atoms with van der Waals surface area (Å²) in [5, 5.41) is 0. The average Bonchev–Trinajstić information content (AvgIpc) is 3.06. The zero-order valence-electron chi connectivity index (χ0n) is 15.1. The molecule has 1 fully saturated rings. The van der Waals surface area contributed by atoms with Gasteiger partial charge < -0.3 is 18.9 Å². The van der Waals surface area contributed by atoms with Gasteiger partial charge >= 0.3 is 0 Å². The molecule has 1 saturated heterocycles. The van der Waals surface area contributed by atoms with Gasteiger partial charge in [-0.15, -0.1) is 0 Å². The molecule has 6 heteroatoms. The number of aryl methyl sites for hydroxylation is 2. The highest BCUT2D eigenvalue weighted by Crippen LogP contribution is 2.27. The standard InChI is InChI=1S/C19H25N3O3/c1-15-7-4-5-8-16(15)25-14-19(24-3)9-6-11-22(13-19)18(23)17-20-10-12-21(17)2/h4-5,7-8,10,12H,6,9,11,13-14H2,1-3H3/t19-/m0/s1. The van der Waals surface area contributed by atoms with Crippen LogP contribution in [0.2, 0.25) is 0 Å². The number of likely N-dealkylation sites (tertiary alicyclic amines) is 1. The van der Waals surface area contributed by atoms with Crippen LogP contribution in [0.15, 0.2) is 36.7 Å². The molecule has 0 unspecified atom stereocenters. The van der Waals surface area contributed by atoms with Crippen molar-refractivity contribution in [3.63, 3.8) is 0 Å². The summed E-state index contributed by atoms with van der Waals surface area (Å²) in [5.41, 5.74) is 0.590. The fraction of sp³-hybridized carbons (Fsp3) is 0.474. The zero-order chi connectivity index (χ0) is 17.9. The van der Waals surface area contributed by atoms with Crippen molar-refractivity contribution >= 4 is 5.91 Å². The monoisotopic (exact) mass is 343 g/mol. The average molecular weight is 343 g/mol. The first-order chi connectivity index (χ1) is 12.0. The second kappa shape index (κ2) is 7.27. The molecule has 0 radical (unpaired) electrons. The molecule has 0 N–H and O–H groups in total. The SMILES string of the molecule is CO[C@@]1(COc2ccccc2C)CCCN(C(=O)c2nccn2C)C1. The van der Waals surface area contributed by atoms with Crippen molar-refractivity contribution in [2.24, 2.45) is 7.05 Å². The van der Waals surface area contributed by atoms with E-state index in [4.69, 9.17) is 9.47 Å². The van der Waals surface area contributed by atoms with Crippen LogP contribution in [0.5, 0.6) is 5.75 Å². The normalized spacial score (nSPS) is 20.5. The van der Waals surface area contributed by atoms with Crippen LogP contribution in [-0.2, 0) is 11.8 Å². The van der Waals surface area contributed by atoms with Gasteiger partial charge in [-0.25, -0.2) is 4.98 Å².